The maximum Gasteiger partial charge on any atom is 0.339 e. The van der Waals surface area contributed by atoms with E-state index in [1.807, 2.05) is 36.4 Å². The molecule has 2 aromatic rings. The number of aliphatic hydroxyl groups is 1. The fourth-order valence-corrected chi connectivity index (χ4v) is 10.4. The van der Waals surface area contributed by atoms with Crippen LogP contribution >= 0.6 is 0 Å². The molecule has 0 radical (unpaired) electrons. The number of amides is 2. The van der Waals surface area contributed by atoms with Gasteiger partial charge in [0.05, 0.1) is 23.9 Å². The molecule has 4 saturated carbocycles. The van der Waals surface area contributed by atoms with Crippen molar-refractivity contribution in [2.45, 2.75) is 127 Å². The number of carbonyl (C=O) groups is 3. The highest BCUT2D eigenvalue weighted by Gasteiger charge is 2.64. The van der Waals surface area contributed by atoms with E-state index in [2.05, 4.69) is 37.5 Å². The van der Waals surface area contributed by atoms with Gasteiger partial charge in [-0.3, -0.25) is 9.59 Å². The molecule has 7 atom stereocenters. The Labute approximate surface area is 329 Å². The van der Waals surface area contributed by atoms with Gasteiger partial charge in [0.15, 0.2) is 5.79 Å². The average molecular weight is 765 g/mol. The molecule has 3 N–H and O–H groups in total. The fourth-order valence-electron chi connectivity index (χ4n) is 10.4. The van der Waals surface area contributed by atoms with Gasteiger partial charge in [-0.2, -0.15) is 0 Å². The number of esters is 1. The predicted octanol–water partition coefficient (Wildman–Crippen LogP) is 6.66. The van der Waals surface area contributed by atoms with Crippen LogP contribution in [-0.4, -0.2) is 71.8 Å². The Morgan fingerprint density at radius 3 is 2.45 bits per heavy atom. The molecule has 2 aromatic carbocycles. The van der Waals surface area contributed by atoms with Crippen LogP contribution in [-0.2, 0) is 30.3 Å². The number of epoxide rings is 1. The number of aliphatic hydroxyl groups excluding tert-OH is 1. The van der Waals surface area contributed by atoms with Gasteiger partial charge in [-0.15, -0.1) is 0 Å². The summed E-state index contributed by atoms with van der Waals surface area (Å²) in [7, 11) is 0. The molecule has 0 bridgehead atoms. The fraction of sp³-hybridized carbons (Fsp3) is 0.587. The average Bonchev–Trinajstić information content (AvgIpc) is 4.10. The lowest BCUT2D eigenvalue weighted by Crippen LogP contribution is -2.45. The molecular weight excluding hydrogens is 709 g/mol. The summed E-state index contributed by atoms with van der Waals surface area (Å²) >= 11 is 0. The highest BCUT2D eigenvalue weighted by atomic mass is 16.8. The largest absolute Gasteiger partial charge is 0.456 e. The first-order valence-electron chi connectivity index (χ1n) is 21.0. The summed E-state index contributed by atoms with van der Waals surface area (Å²) in [6.07, 6.45) is 12.4. The number of nitrogens with one attached hydrogen (secondary N) is 2. The Kier molecular flexibility index (Phi) is 9.79. The number of allylic oxidation sites excluding steroid dienone is 1. The molecule has 10 heteroatoms. The molecule has 10 nitrogen and oxygen atoms in total. The van der Waals surface area contributed by atoms with Gasteiger partial charge in [0.1, 0.15) is 18.3 Å². The van der Waals surface area contributed by atoms with Crippen LogP contribution in [0.15, 0.2) is 65.8 Å². The smallest absolute Gasteiger partial charge is 0.339 e. The minimum absolute atomic E-state index is 0.00217. The summed E-state index contributed by atoms with van der Waals surface area (Å²) in [5.74, 6) is -0.00162. The molecule has 5 aliphatic carbocycles. The molecule has 298 valence electrons. The standard InChI is InChI=1S/C46H56N2O8/c1-44(2)25-35-29(11-16-39-45(3,55-39)18-17-36(35)44)22-28-8-4-5-10-34(28)43(52)53-37-23-31(24-38-40(37)56-46(54-38,32-12-13-32)33-14-15-33)42(51)48-26-27-7-6-9-30(21-27)41(50)47-19-20-49/h4-10,21-22,24,32-33,35-40,49H,11-20,23,25-26H2,1-3H3,(H,47,50)(H,48,51)/t35-,36-,37-,38-,39?,40+,45-/m1/s1. The normalized spacial score (nSPS) is 33.2. The molecule has 0 aromatic heterocycles. The number of benzene rings is 2. The zero-order valence-corrected chi connectivity index (χ0v) is 32.9. The van der Waals surface area contributed by atoms with Crippen LogP contribution in [0.4, 0.5) is 0 Å². The van der Waals surface area contributed by atoms with Gasteiger partial charge in [-0.05, 0) is 117 Å². The summed E-state index contributed by atoms with van der Waals surface area (Å²) in [5, 5.41) is 14.8. The minimum atomic E-state index is -0.719. The van der Waals surface area contributed by atoms with Crippen LogP contribution in [0.1, 0.15) is 117 Å². The zero-order valence-electron chi connectivity index (χ0n) is 32.9. The SMILES string of the molecule is CC1(C)C[C@@H]2C(=Cc3ccccc3C(=O)O[C@@H]3CC(C(=O)NCc4cccc(C(=O)NCCO)c4)=C[C@H]4OC(C5CC5)(C5CC5)O[C@H]43)CCC3O[C@]3(C)CC[C@H]21. The van der Waals surface area contributed by atoms with Gasteiger partial charge >= 0.3 is 5.97 Å². The van der Waals surface area contributed by atoms with Crippen molar-refractivity contribution in [1.29, 1.82) is 0 Å². The molecule has 9 rings (SSSR count). The molecular formula is C46H56N2O8. The zero-order chi connectivity index (χ0) is 38.8. The maximum atomic E-state index is 14.4. The van der Waals surface area contributed by atoms with Crippen molar-refractivity contribution in [3.8, 4) is 0 Å². The lowest BCUT2D eigenvalue weighted by Gasteiger charge is -2.53. The van der Waals surface area contributed by atoms with E-state index < -0.39 is 30.1 Å². The number of fused-ring (bicyclic) bond motifs is 3. The van der Waals surface area contributed by atoms with Crippen LogP contribution in [0.2, 0.25) is 0 Å². The molecule has 1 unspecified atom stereocenters. The summed E-state index contributed by atoms with van der Waals surface area (Å²) in [5.41, 5.74) is 4.74. The van der Waals surface area contributed by atoms with Gasteiger partial charge < -0.3 is 34.7 Å². The summed E-state index contributed by atoms with van der Waals surface area (Å²) in [6.45, 7) is 7.26. The summed E-state index contributed by atoms with van der Waals surface area (Å²) < 4.78 is 26.3. The molecule has 7 aliphatic rings. The Balaban J connectivity index is 0.947. The van der Waals surface area contributed by atoms with E-state index in [-0.39, 0.29) is 48.9 Å². The van der Waals surface area contributed by atoms with Crippen molar-refractivity contribution in [3.05, 3.63) is 88.0 Å². The van der Waals surface area contributed by atoms with Crippen LogP contribution in [0.25, 0.3) is 6.08 Å². The van der Waals surface area contributed by atoms with Gasteiger partial charge in [0.25, 0.3) is 5.91 Å². The summed E-state index contributed by atoms with van der Waals surface area (Å²) in [4.78, 5) is 40.7. The van der Waals surface area contributed by atoms with Crippen LogP contribution in [0.3, 0.4) is 0 Å². The van der Waals surface area contributed by atoms with Crippen molar-refractivity contribution in [2.75, 3.05) is 13.2 Å². The van der Waals surface area contributed by atoms with Gasteiger partial charge in [-0.1, -0.05) is 55.8 Å². The minimum Gasteiger partial charge on any atom is -0.456 e. The number of hydrogen-bond acceptors (Lipinski definition) is 8. The van der Waals surface area contributed by atoms with Crippen LogP contribution in [0.5, 0.6) is 0 Å². The van der Waals surface area contributed by atoms with Crippen molar-refractivity contribution in [1.82, 2.24) is 10.6 Å². The second-order valence-corrected chi connectivity index (χ2v) is 18.3. The molecule has 2 saturated heterocycles. The Morgan fingerprint density at radius 2 is 1.70 bits per heavy atom. The van der Waals surface area contributed by atoms with Gasteiger partial charge in [0, 0.05) is 42.5 Å². The highest BCUT2D eigenvalue weighted by molar-refractivity contribution is 5.96. The quantitative estimate of drug-likeness (QED) is 0.171. The topological polar surface area (TPSA) is 136 Å². The molecule has 6 fully saturated rings. The second kappa shape index (κ2) is 14.5. The van der Waals surface area contributed by atoms with Gasteiger partial charge in [0.2, 0.25) is 5.91 Å². The van der Waals surface area contributed by atoms with E-state index in [0.717, 1.165) is 68.9 Å². The third kappa shape index (κ3) is 7.27. The van der Waals surface area contributed by atoms with Crippen molar-refractivity contribution in [3.63, 3.8) is 0 Å². The lowest BCUT2D eigenvalue weighted by molar-refractivity contribution is -0.209. The van der Waals surface area contributed by atoms with E-state index in [4.69, 9.17) is 24.1 Å². The molecule has 2 heterocycles. The van der Waals surface area contributed by atoms with E-state index in [9.17, 15) is 14.4 Å². The van der Waals surface area contributed by atoms with E-state index in [0.29, 0.717) is 46.5 Å². The Hall–Kier alpha value is -3.83. The maximum absolute atomic E-state index is 14.4. The van der Waals surface area contributed by atoms with Crippen LogP contribution in [0, 0.1) is 29.1 Å². The van der Waals surface area contributed by atoms with E-state index in [1.54, 1.807) is 18.2 Å². The summed E-state index contributed by atoms with van der Waals surface area (Å²) in [6, 6.07) is 14.8. The molecule has 2 aliphatic heterocycles. The third-order valence-corrected chi connectivity index (χ3v) is 13.9. The number of hydrogen-bond donors (Lipinski definition) is 3. The predicted molar refractivity (Wildman–Crippen MR) is 209 cm³/mol. The van der Waals surface area contributed by atoms with Gasteiger partial charge in [-0.25, -0.2) is 4.79 Å². The number of rotatable bonds is 11. The molecule has 0 spiro atoms. The monoisotopic (exact) mass is 764 g/mol. The first-order chi connectivity index (χ1) is 27.0. The Morgan fingerprint density at radius 1 is 0.911 bits per heavy atom. The second-order valence-electron chi connectivity index (χ2n) is 18.3. The molecule has 2 amide bonds. The Bertz CT molecular complexity index is 1930. The van der Waals surface area contributed by atoms with Crippen molar-refractivity contribution >= 4 is 23.9 Å². The van der Waals surface area contributed by atoms with Crippen molar-refractivity contribution < 1.29 is 38.4 Å². The highest BCUT2D eigenvalue weighted by Crippen LogP contribution is 2.61. The van der Waals surface area contributed by atoms with Crippen LogP contribution < -0.4 is 10.6 Å². The lowest BCUT2D eigenvalue weighted by atomic mass is 9.52. The first kappa shape index (κ1) is 37.7. The number of ether oxygens (including phenoxy) is 4. The number of carbonyl (C=O) groups excluding carboxylic acids is 3. The van der Waals surface area contributed by atoms with E-state index in [1.165, 1.54) is 5.57 Å². The molecule has 56 heavy (non-hydrogen) atoms. The third-order valence-electron chi connectivity index (χ3n) is 13.9. The van der Waals surface area contributed by atoms with Crippen molar-refractivity contribution in [2.24, 2.45) is 29.1 Å². The van der Waals surface area contributed by atoms with E-state index >= 15 is 0 Å². The first-order valence-corrected chi connectivity index (χ1v) is 21.0.